The number of halogens is 1. The van der Waals surface area contributed by atoms with Crippen molar-refractivity contribution >= 4 is 46.6 Å². The van der Waals surface area contributed by atoms with E-state index in [0.717, 1.165) is 11.8 Å². The van der Waals surface area contributed by atoms with Crippen LogP contribution < -0.4 is 21.5 Å². The zero-order chi connectivity index (χ0) is 19.2. The highest BCUT2D eigenvalue weighted by Crippen LogP contribution is 2.32. The summed E-state index contributed by atoms with van der Waals surface area (Å²) in [6, 6.07) is 15.7. The van der Waals surface area contributed by atoms with E-state index in [4.69, 9.17) is 27.8 Å². The maximum absolute atomic E-state index is 12.3. The predicted octanol–water partition coefficient (Wildman–Crippen LogP) is 3.82. The number of rotatable bonds is 6. The van der Waals surface area contributed by atoms with Crippen molar-refractivity contribution in [2.24, 2.45) is 0 Å². The van der Waals surface area contributed by atoms with Gasteiger partial charge in [-0.1, -0.05) is 41.6 Å². The number of carbonyl (C=O) groups excluding carboxylic acids is 1. The standard InChI is InChI=1S/C18H16ClN5O2S/c19-11-6-7-14(26-12-4-2-1-3-5-12)13(8-11)22-17(25)10-27-18-23-15(20)9-16(21)24-18/h1-9H,10H2,(H,22,25)(H4,20,21,23,24). The first-order chi connectivity index (χ1) is 13.0. The van der Waals surface area contributed by atoms with Crippen LogP contribution >= 0.6 is 23.4 Å². The van der Waals surface area contributed by atoms with Gasteiger partial charge in [0, 0.05) is 11.1 Å². The number of anilines is 3. The fourth-order valence-electron chi connectivity index (χ4n) is 2.15. The Morgan fingerprint density at radius 2 is 1.78 bits per heavy atom. The second-order valence-corrected chi connectivity index (χ2v) is 6.77. The second kappa shape index (κ2) is 8.61. The van der Waals surface area contributed by atoms with Crippen LogP contribution in [0.1, 0.15) is 0 Å². The van der Waals surface area contributed by atoms with Crippen molar-refractivity contribution in [2.45, 2.75) is 5.16 Å². The van der Waals surface area contributed by atoms with Crippen LogP contribution in [0.15, 0.2) is 59.8 Å². The topological polar surface area (TPSA) is 116 Å². The average Bonchev–Trinajstić information content (AvgIpc) is 2.62. The van der Waals surface area contributed by atoms with Gasteiger partial charge >= 0.3 is 0 Å². The van der Waals surface area contributed by atoms with Gasteiger partial charge in [0.2, 0.25) is 5.91 Å². The minimum absolute atomic E-state index is 0.0696. The maximum atomic E-state index is 12.3. The molecule has 1 heterocycles. The molecule has 27 heavy (non-hydrogen) atoms. The molecule has 1 aromatic heterocycles. The molecular weight excluding hydrogens is 386 g/mol. The van der Waals surface area contributed by atoms with Gasteiger partial charge in [-0.3, -0.25) is 4.79 Å². The molecule has 1 amide bonds. The Bertz CT molecular complexity index is 935. The molecule has 0 fully saturated rings. The molecule has 0 aliphatic heterocycles. The summed E-state index contributed by atoms with van der Waals surface area (Å²) in [5.41, 5.74) is 11.7. The zero-order valence-corrected chi connectivity index (χ0v) is 15.6. The normalized spacial score (nSPS) is 10.4. The van der Waals surface area contributed by atoms with Crippen LogP contribution in [-0.4, -0.2) is 21.6 Å². The van der Waals surface area contributed by atoms with Gasteiger partial charge in [0.15, 0.2) is 10.9 Å². The molecule has 138 valence electrons. The third-order valence-corrected chi connectivity index (χ3v) is 4.35. The third kappa shape index (κ3) is 5.50. The number of carbonyl (C=O) groups is 1. The summed E-state index contributed by atoms with van der Waals surface area (Å²) in [4.78, 5) is 20.4. The highest BCUT2D eigenvalue weighted by Gasteiger charge is 2.12. The predicted molar refractivity (Wildman–Crippen MR) is 108 cm³/mol. The quantitative estimate of drug-likeness (QED) is 0.424. The molecule has 0 aliphatic carbocycles. The van der Waals surface area contributed by atoms with Gasteiger partial charge in [-0.25, -0.2) is 9.97 Å². The number of nitrogens with one attached hydrogen (secondary N) is 1. The van der Waals surface area contributed by atoms with Gasteiger partial charge in [-0.2, -0.15) is 0 Å². The maximum Gasteiger partial charge on any atom is 0.234 e. The van der Waals surface area contributed by atoms with E-state index in [1.165, 1.54) is 6.07 Å². The Morgan fingerprint density at radius 3 is 2.48 bits per heavy atom. The lowest BCUT2D eigenvalue weighted by Gasteiger charge is -2.12. The van der Waals surface area contributed by atoms with Crippen LogP contribution in [0.25, 0.3) is 0 Å². The smallest absolute Gasteiger partial charge is 0.234 e. The van der Waals surface area contributed by atoms with E-state index < -0.39 is 0 Å². The molecule has 7 nitrogen and oxygen atoms in total. The Kier molecular flexibility index (Phi) is 6.00. The molecule has 0 saturated heterocycles. The van der Waals surface area contributed by atoms with E-state index in [-0.39, 0.29) is 23.3 Å². The molecule has 0 spiro atoms. The summed E-state index contributed by atoms with van der Waals surface area (Å²) in [6.07, 6.45) is 0. The summed E-state index contributed by atoms with van der Waals surface area (Å²) in [5.74, 6) is 1.42. The fraction of sp³-hybridized carbons (Fsp3) is 0.0556. The molecule has 0 atom stereocenters. The van der Waals surface area contributed by atoms with Gasteiger partial charge in [-0.15, -0.1) is 0 Å². The molecule has 5 N–H and O–H groups in total. The van der Waals surface area contributed by atoms with Gasteiger partial charge in [-0.05, 0) is 30.3 Å². The van der Waals surface area contributed by atoms with Gasteiger partial charge in [0.25, 0.3) is 0 Å². The van der Waals surface area contributed by atoms with Crippen LogP contribution in [-0.2, 0) is 4.79 Å². The van der Waals surface area contributed by atoms with E-state index in [1.807, 2.05) is 30.3 Å². The number of hydrogen-bond acceptors (Lipinski definition) is 7. The lowest BCUT2D eigenvalue weighted by Crippen LogP contribution is -2.15. The lowest BCUT2D eigenvalue weighted by molar-refractivity contribution is -0.113. The number of ether oxygens (including phenoxy) is 1. The Labute approximate surface area is 165 Å². The summed E-state index contributed by atoms with van der Waals surface area (Å²) < 4.78 is 5.82. The number of hydrogen-bond donors (Lipinski definition) is 3. The van der Waals surface area contributed by atoms with Gasteiger partial charge < -0.3 is 21.5 Å². The first-order valence-corrected chi connectivity index (χ1v) is 9.21. The third-order valence-electron chi connectivity index (χ3n) is 3.26. The van der Waals surface area contributed by atoms with Crippen LogP contribution in [0, 0.1) is 0 Å². The van der Waals surface area contributed by atoms with Crippen molar-refractivity contribution in [2.75, 3.05) is 22.5 Å². The monoisotopic (exact) mass is 401 g/mol. The molecule has 0 bridgehead atoms. The fourth-order valence-corrected chi connectivity index (χ4v) is 2.99. The van der Waals surface area contributed by atoms with Crippen molar-refractivity contribution in [3.8, 4) is 11.5 Å². The molecule has 0 saturated carbocycles. The highest BCUT2D eigenvalue weighted by atomic mass is 35.5. The highest BCUT2D eigenvalue weighted by molar-refractivity contribution is 7.99. The zero-order valence-electron chi connectivity index (χ0n) is 14.1. The van der Waals surface area contributed by atoms with Crippen LogP contribution in [0.5, 0.6) is 11.5 Å². The molecular formula is C18H16ClN5O2S. The minimum atomic E-state index is -0.273. The molecule has 0 aliphatic rings. The van der Waals surface area contributed by atoms with Crippen molar-refractivity contribution in [3.05, 3.63) is 59.6 Å². The summed E-state index contributed by atoms with van der Waals surface area (Å²) in [5, 5.41) is 3.59. The van der Waals surface area contributed by atoms with Gasteiger partial charge in [0.1, 0.15) is 17.4 Å². The average molecular weight is 402 g/mol. The molecule has 9 heteroatoms. The summed E-state index contributed by atoms with van der Waals surface area (Å²) >= 11 is 7.17. The summed E-state index contributed by atoms with van der Waals surface area (Å²) in [7, 11) is 0. The number of aromatic nitrogens is 2. The largest absolute Gasteiger partial charge is 0.455 e. The minimum Gasteiger partial charge on any atom is -0.455 e. The van der Waals surface area contributed by atoms with Crippen molar-refractivity contribution in [1.29, 1.82) is 0 Å². The van der Waals surface area contributed by atoms with E-state index in [1.54, 1.807) is 18.2 Å². The van der Waals surface area contributed by atoms with Crippen LogP contribution in [0.2, 0.25) is 5.02 Å². The first-order valence-electron chi connectivity index (χ1n) is 7.85. The Balaban J connectivity index is 1.68. The number of benzene rings is 2. The van der Waals surface area contributed by atoms with Crippen molar-refractivity contribution in [1.82, 2.24) is 9.97 Å². The van der Waals surface area contributed by atoms with Crippen LogP contribution in [0.3, 0.4) is 0 Å². The number of nitrogens with two attached hydrogens (primary N) is 2. The number of amides is 1. The second-order valence-electron chi connectivity index (χ2n) is 5.39. The molecule has 3 aromatic rings. The number of para-hydroxylation sites is 1. The molecule has 2 aromatic carbocycles. The van der Waals surface area contributed by atoms with Crippen LogP contribution in [0.4, 0.5) is 17.3 Å². The Hall–Kier alpha value is -2.97. The molecule has 3 rings (SSSR count). The van der Waals surface area contributed by atoms with Gasteiger partial charge in [0.05, 0.1) is 11.4 Å². The van der Waals surface area contributed by atoms with E-state index in [2.05, 4.69) is 15.3 Å². The van der Waals surface area contributed by atoms with Crippen molar-refractivity contribution in [3.63, 3.8) is 0 Å². The number of thioether (sulfide) groups is 1. The summed E-state index contributed by atoms with van der Waals surface area (Å²) in [6.45, 7) is 0. The lowest BCUT2D eigenvalue weighted by atomic mass is 10.3. The van der Waals surface area contributed by atoms with E-state index in [0.29, 0.717) is 27.4 Å². The SMILES string of the molecule is Nc1cc(N)nc(SCC(=O)Nc2cc(Cl)ccc2Oc2ccccc2)n1. The Morgan fingerprint density at radius 1 is 1.07 bits per heavy atom. The number of nitrogen functional groups attached to an aromatic ring is 2. The van der Waals surface area contributed by atoms with E-state index >= 15 is 0 Å². The molecule has 0 radical (unpaired) electrons. The van der Waals surface area contributed by atoms with Crippen molar-refractivity contribution < 1.29 is 9.53 Å². The first kappa shape index (κ1) is 18.8. The number of nitrogens with zero attached hydrogens (tertiary/aromatic N) is 2. The van der Waals surface area contributed by atoms with E-state index in [9.17, 15) is 4.79 Å². The molecule has 0 unspecified atom stereocenters.